The van der Waals surface area contributed by atoms with Crippen molar-refractivity contribution in [3.63, 3.8) is 0 Å². The maximum absolute atomic E-state index is 12.7. The Morgan fingerprint density at radius 3 is 2.57 bits per heavy atom. The van der Waals surface area contributed by atoms with Crippen LogP contribution < -0.4 is 20.3 Å². The summed E-state index contributed by atoms with van der Waals surface area (Å²) in [7, 11) is -2.16. The standard InChI is InChI=1S/C18H20N4O5S/c1-27-13-3-4-15-14(10-13)20-18(21-28(15,25)26)6-8-22(9-7-18)17(24)12-2-5-16(23)19-11-12/h2-5,10-11,20-21H,6-9H2,1H3,(H,19,23). The first kappa shape index (κ1) is 18.5. The summed E-state index contributed by atoms with van der Waals surface area (Å²) < 4.78 is 33.4. The first-order chi connectivity index (χ1) is 13.3. The maximum atomic E-state index is 12.7. The molecule has 3 N–H and O–H groups in total. The molecule has 28 heavy (non-hydrogen) atoms. The fraction of sp³-hybridized carbons (Fsp3) is 0.333. The van der Waals surface area contributed by atoms with E-state index in [1.165, 1.54) is 31.5 Å². The number of ether oxygens (including phenoxy) is 1. The van der Waals surface area contributed by atoms with Crippen LogP contribution in [-0.4, -0.2) is 50.1 Å². The van der Waals surface area contributed by atoms with Gasteiger partial charge in [-0.1, -0.05) is 0 Å². The summed E-state index contributed by atoms with van der Waals surface area (Å²) in [6, 6.07) is 7.55. The Bertz CT molecular complexity index is 1070. The van der Waals surface area contributed by atoms with Gasteiger partial charge in [-0.05, 0) is 18.2 Å². The molecule has 0 atom stereocenters. The molecule has 2 aliphatic rings. The molecule has 1 aromatic heterocycles. The lowest BCUT2D eigenvalue weighted by molar-refractivity contribution is 0.0675. The molecular weight excluding hydrogens is 384 g/mol. The number of benzene rings is 1. The van der Waals surface area contributed by atoms with Gasteiger partial charge in [0.15, 0.2) is 0 Å². The van der Waals surface area contributed by atoms with Crippen molar-refractivity contribution in [1.29, 1.82) is 0 Å². The molecule has 148 valence electrons. The van der Waals surface area contributed by atoms with E-state index < -0.39 is 15.7 Å². The smallest absolute Gasteiger partial charge is 0.255 e. The van der Waals surface area contributed by atoms with Gasteiger partial charge in [0.1, 0.15) is 16.3 Å². The summed E-state index contributed by atoms with van der Waals surface area (Å²) in [5.41, 5.74) is -0.259. The number of piperidine rings is 1. The third-order valence-corrected chi connectivity index (χ3v) is 6.71. The van der Waals surface area contributed by atoms with Crippen LogP contribution in [0.2, 0.25) is 0 Å². The predicted octanol–water partition coefficient (Wildman–Crippen LogP) is 0.720. The van der Waals surface area contributed by atoms with Crippen LogP contribution >= 0.6 is 0 Å². The fourth-order valence-corrected chi connectivity index (χ4v) is 5.13. The zero-order chi connectivity index (χ0) is 19.9. The van der Waals surface area contributed by atoms with Crippen LogP contribution in [0, 0.1) is 0 Å². The Kier molecular flexibility index (Phi) is 4.39. The number of sulfonamides is 1. The summed E-state index contributed by atoms with van der Waals surface area (Å²) in [5, 5.41) is 3.29. The van der Waals surface area contributed by atoms with Gasteiger partial charge in [-0.2, -0.15) is 4.72 Å². The molecule has 0 unspecified atom stereocenters. The lowest BCUT2D eigenvalue weighted by atomic mass is 9.96. The number of anilines is 1. The number of aromatic amines is 1. The number of nitrogens with one attached hydrogen (secondary N) is 3. The molecule has 0 aliphatic carbocycles. The van der Waals surface area contributed by atoms with Gasteiger partial charge in [0.05, 0.1) is 18.4 Å². The molecule has 1 saturated heterocycles. The van der Waals surface area contributed by atoms with Crippen LogP contribution in [-0.2, 0) is 10.0 Å². The van der Waals surface area contributed by atoms with E-state index in [0.717, 1.165) is 0 Å². The van der Waals surface area contributed by atoms with Crippen LogP contribution in [0.25, 0.3) is 0 Å². The number of hydrogen-bond donors (Lipinski definition) is 3. The lowest BCUT2D eigenvalue weighted by Gasteiger charge is -2.45. The van der Waals surface area contributed by atoms with Crippen molar-refractivity contribution in [3.8, 4) is 5.75 Å². The number of methoxy groups -OCH3 is 1. The zero-order valence-corrected chi connectivity index (χ0v) is 16.0. The SMILES string of the molecule is COc1ccc2c(c1)NC1(CCN(C(=O)c3ccc(=O)[nH]c3)CC1)NS2(=O)=O. The van der Waals surface area contributed by atoms with Gasteiger partial charge >= 0.3 is 0 Å². The number of nitrogens with zero attached hydrogens (tertiary/aromatic N) is 1. The Hall–Kier alpha value is -2.85. The summed E-state index contributed by atoms with van der Waals surface area (Å²) in [5.74, 6) is 0.357. The van der Waals surface area contributed by atoms with E-state index in [1.807, 2.05) is 0 Å². The number of carbonyl (C=O) groups is 1. The molecule has 0 radical (unpaired) electrons. The second-order valence-corrected chi connectivity index (χ2v) is 8.56. The first-order valence-electron chi connectivity index (χ1n) is 8.80. The van der Waals surface area contributed by atoms with E-state index in [4.69, 9.17) is 4.74 Å². The van der Waals surface area contributed by atoms with E-state index in [9.17, 15) is 18.0 Å². The average Bonchev–Trinajstić information content (AvgIpc) is 2.67. The summed E-state index contributed by atoms with van der Waals surface area (Å²) >= 11 is 0. The van der Waals surface area contributed by atoms with Crippen molar-refractivity contribution in [2.75, 3.05) is 25.5 Å². The minimum absolute atomic E-state index is 0.172. The van der Waals surface area contributed by atoms with E-state index in [1.54, 1.807) is 17.0 Å². The van der Waals surface area contributed by atoms with Crippen LogP contribution in [0.1, 0.15) is 23.2 Å². The summed E-state index contributed by atoms with van der Waals surface area (Å²) in [6.45, 7) is 0.736. The van der Waals surface area contributed by atoms with Crippen LogP contribution in [0.15, 0.2) is 46.2 Å². The molecule has 2 aromatic rings. The Morgan fingerprint density at radius 1 is 1.18 bits per heavy atom. The van der Waals surface area contributed by atoms with Crippen LogP contribution in [0.5, 0.6) is 5.75 Å². The minimum atomic E-state index is -3.68. The van der Waals surface area contributed by atoms with Crippen molar-refractivity contribution in [1.82, 2.24) is 14.6 Å². The van der Waals surface area contributed by atoms with Crippen LogP contribution in [0.3, 0.4) is 0 Å². The second kappa shape index (κ2) is 6.64. The molecular formula is C18H20N4O5S. The Balaban J connectivity index is 1.54. The number of H-pyrrole nitrogens is 1. The number of fused-ring (bicyclic) bond motifs is 1. The molecule has 9 nitrogen and oxygen atoms in total. The number of likely N-dealkylation sites (tertiary alicyclic amines) is 1. The number of amides is 1. The third kappa shape index (κ3) is 3.25. The number of rotatable bonds is 2. The largest absolute Gasteiger partial charge is 0.497 e. The van der Waals surface area contributed by atoms with E-state index >= 15 is 0 Å². The maximum Gasteiger partial charge on any atom is 0.255 e. The van der Waals surface area contributed by atoms with E-state index in [-0.39, 0.29) is 16.4 Å². The van der Waals surface area contributed by atoms with E-state index in [0.29, 0.717) is 42.9 Å². The molecule has 2 aliphatic heterocycles. The van der Waals surface area contributed by atoms with Crippen molar-refractivity contribution >= 4 is 21.6 Å². The quantitative estimate of drug-likeness (QED) is 0.678. The van der Waals surface area contributed by atoms with Gasteiger partial charge in [0, 0.05) is 44.3 Å². The molecule has 3 heterocycles. The highest BCUT2D eigenvalue weighted by molar-refractivity contribution is 7.89. The first-order valence-corrected chi connectivity index (χ1v) is 10.3. The number of pyridine rings is 1. The molecule has 0 saturated carbocycles. The normalized spacial score (nSPS) is 19.5. The van der Waals surface area contributed by atoms with Crippen molar-refractivity contribution < 1.29 is 17.9 Å². The molecule has 1 aromatic carbocycles. The molecule has 4 rings (SSSR count). The number of hydrogen-bond acceptors (Lipinski definition) is 6. The summed E-state index contributed by atoms with van der Waals surface area (Å²) in [4.78, 5) is 28.1. The lowest BCUT2D eigenvalue weighted by Crippen LogP contribution is -2.62. The monoisotopic (exact) mass is 404 g/mol. The minimum Gasteiger partial charge on any atom is -0.497 e. The summed E-state index contributed by atoms with van der Waals surface area (Å²) in [6.07, 6.45) is 2.19. The fourth-order valence-electron chi connectivity index (χ4n) is 3.61. The third-order valence-electron chi connectivity index (χ3n) is 5.12. The Labute approximate surface area is 161 Å². The highest BCUT2D eigenvalue weighted by atomic mass is 32.2. The van der Waals surface area contributed by atoms with E-state index in [2.05, 4.69) is 15.0 Å². The second-order valence-electron chi connectivity index (χ2n) is 6.91. The molecule has 1 amide bonds. The van der Waals surface area contributed by atoms with Crippen molar-refractivity contribution in [3.05, 3.63) is 52.4 Å². The predicted molar refractivity (Wildman–Crippen MR) is 102 cm³/mol. The highest BCUT2D eigenvalue weighted by Gasteiger charge is 2.44. The van der Waals surface area contributed by atoms with Crippen molar-refractivity contribution in [2.45, 2.75) is 23.4 Å². The zero-order valence-electron chi connectivity index (χ0n) is 15.2. The van der Waals surface area contributed by atoms with Gasteiger partial charge < -0.3 is 19.9 Å². The molecule has 0 bridgehead atoms. The Morgan fingerprint density at radius 2 is 1.93 bits per heavy atom. The topological polar surface area (TPSA) is 121 Å². The molecule has 10 heteroatoms. The number of carbonyl (C=O) groups excluding carboxylic acids is 1. The van der Waals surface area contributed by atoms with Crippen molar-refractivity contribution in [2.24, 2.45) is 0 Å². The molecule has 1 spiro atoms. The molecule has 1 fully saturated rings. The van der Waals surface area contributed by atoms with Gasteiger partial charge in [0.25, 0.3) is 5.91 Å². The van der Waals surface area contributed by atoms with Gasteiger partial charge in [-0.15, -0.1) is 0 Å². The average molecular weight is 404 g/mol. The van der Waals surface area contributed by atoms with Gasteiger partial charge in [-0.25, -0.2) is 8.42 Å². The van der Waals surface area contributed by atoms with Gasteiger partial charge in [0.2, 0.25) is 15.6 Å². The van der Waals surface area contributed by atoms with Gasteiger partial charge in [-0.3, -0.25) is 9.59 Å². The van der Waals surface area contributed by atoms with Crippen LogP contribution in [0.4, 0.5) is 5.69 Å². The highest BCUT2D eigenvalue weighted by Crippen LogP contribution is 2.37. The number of aromatic nitrogens is 1.